The van der Waals surface area contributed by atoms with Crippen molar-refractivity contribution in [3.8, 4) is 0 Å². The van der Waals surface area contributed by atoms with Crippen LogP contribution in [0.15, 0.2) is 22.4 Å². The minimum atomic E-state index is -0.0463. The second-order valence-electron chi connectivity index (χ2n) is 6.96. The van der Waals surface area contributed by atoms with E-state index >= 15 is 0 Å². The lowest BCUT2D eigenvalue weighted by Crippen LogP contribution is -2.44. The van der Waals surface area contributed by atoms with Crippen molar-refractivity contribution in [3.63, 3.8) is 0 Å². The summed E-state index contributed by atoms with van der Waals surface area (Å²) in [4.78, 5) is 32.2. The van der Waals surface area contributed by atoms with E-state index in [1.54, 1.807) is 28.4 Å². The highest BCUT2D eigenvalue weighted by atomic mass is 32.2. The van der Waals surface area contributed by atoms with E-state index < -0.39 is 0 Å². The maximum absolute atomic E-state index is 12.8. The van der Waals surface area contributed by atoms with Crippen LogP contribution in [-0.2, 0) is 10.5 Å². The Morgan fingerprint density at radius 1 is 1.24 bits per heavy atom. The fourth-order valence-electron chi connectivity index (χ4n) is 3.70. The average molecular weight is 378 g/mol. The summed E-state index contributed by atoms with van der Waals surface area (Å²) in [5, 5.41) is 1.86. The Hall–Kier alpha value is -1.34. The lowest BCUT2D eigenvalue weighted by atomic mass is 9.94. The standard InChI is InChI=1S/C18H23N3O2S2/c22-16-10-13(19-18-20(16)8-9-25-18)11-24-12-17(23)21(15-6-7-15)14-4-2-1-3-5-14/h8-10,14-15H,1-7,11-12H2. The van der Waals surface area contributed by atoms with Crippen LogP contribution in [0.1, 0.15) is 50.6 Å². The molecule has 0 radical (unpaired) electrons. The summed E-state index contributed by atoms with van der Waals surface area (Å²) in [5.74, 6) is 1.37. The number of rotatable bonds is 6. The molecule has 0 atom stereocenters. The van der Waals surface area contributed by atoms with Gasteiger partial charge in [0, 0.05) is 35.5 Å². The van der Waals surface area contributed by atoms with E-state index in [1.807, 2.05) is 5.38 Å². The molecular weight excluding hydrogens is 354 g/mol. The number of carbonyl (C=O) groups is 1. The van der Waals surface area contributed by atoms with Crippen LogP contribution in [0.25, 0.3) is 4.96 Å². The smallest absolute Gasteiger partial charge is 0.258 e. The van der Waals surface area contributed by atoms with Gasteiger partial charge in [0.1, 0.15) is 0 Å². The minimum absolute atomic E-state index is 0.0463. The van der Waals surface area contributed by atoms with E-state index in [1.165, 1.54) is 56.3 Å². The van der Waals surface area contributed by atoms with Crippen LogP contribution in [0.4, 0.5) is 0 Å². The molecule has 2 aliphatic rings. The summed E-state index contributed by atoms with van der Waals surface area (Å²) in [5.41, 5.74) is 0.718. The van der Waals surface area contributed by atoms with Gasteiger partial charge in [-0.25, -0.2) is 4.98 Å². The molecule has 4 rings (SSSR count). The number of hydrogen-bond donors (Lipinski definition) is 0. The summed E-state index contributed by atoms with van der Waals surface area (Å²) < 4.78 is 1.56. The van der Waals surface area contributed by atoms with Crippen LogP contribution < -0.4 is 5.56 Å². The quantitative estimate of drug-likeness (QED) is 0.775. The van der Waals surface area contributed by atoms with E-state index in [9.17, 15) is 9.59 Å². The molecule has 0 spiro atoms. The highest BCUT2D eigenvalue weighted by molar-refractivity contribution is 7.99. The van der Waals surface area contributed by atoms with Crippen molar-refractivity contribution in [2.45, 2.75) is 62.8 Å². The van der Waals surface area contributed by atoms with Gasteiger partial charge in [-0.1, -0.05) is 19.3 Å². The summed E-state index contributed by atoms with van der Waals surface area (Å²) in [6, 6.07) is 2.53. The average Bonchev–Trinajstić information content (AvgIpc) is 3.32. The summed E-state index contributed by atoms with van der Waals surface area (Å²) in [6.45, 7) is 0. The first-order chi connectivity index (χ1) is 12.2. The Morgan fingerprint density at radius 3 is 2.76 bits per heavy atom. The molecule has 2 aromatic heterocycles. The first kappa shape index (κ1) is 17.1. The molecule has 2 heterocycles. The fraction of sp³-hybridized carbons (Fsp3) is 0.611. The van der Waals surface area contributed by atoms with Gasteiger partial charge >= 0.3 is 0 Å². The lowest BCUT2D eigenvalue weighted by Gasteiger charge is -2.34. The number of nitrogens with zero attached hydrogens (tertiary/aromatic N) is 3. The largest absolute Gasteiger partial charge is 0.336 e. The van der Waals surface area contributed by atoms with Gasteiger partial charge in [0.05, 0.1) is 11.4 Å². The van der Waals surface area contributed by atoms with Crippen LogP contribution in [-0.4, -0.2) is 38.0 Å². The van der Waals surface area contributed by atoms with Gasteiger partial charge in [-0.2, -0.15) is 0 Å². The Bertz CT molecular complexity index is 806. The van der Waals surface area contributed by atoms with Crippen molar-refractivity contribution in [2.24, 2.45) is 0 Å². The zero-order valence-corrected chi connectivity index (χ0v) is 15.9. The molecule has 0 saturated heterocycles. The van der Waals surface area contributed by atoms with Gasteiger partial charge in [0.25, 0.3) is 5.56 Å². The maximum atomic E-state index is 12.8. The molecule has 1 amide bonds. The van der Waals surface area contributed by atoms with E-state index in [-0.39, 0.29) is 11.5 Å². The molecule has 0 bridgehead atoms. The van der Waals surface area contributed by atoms with E-state index in [0.29, 0.717) is 23.6 Å². The van der Waals surface area contributed by atoms with Crippen molar-refractivity contribution in [1.29, 1.82) is 0 Å². The first-order valence-corrected chi connectivity index (χ1v) is 11.1. The number of thioether (sulfide) groups is 1. The zero-order valence-electron chi connectivity index (χ0n) is 14.2. The molecule has 134 valence electrons. The molecular formula is C18H23N3O2S2. The molecule has 2 saturated carbocycles. The molecule has 5 nitrogen and oxygen atoms in total. The Balaban J connectivity index is 1.36. The molecule has 0 aliphatic heterocycles. The number of carbonyl (C=O) groups excluding carboxylic acids is 1. The van der Waals surface area contributed by atoms with Gasteiger partial charge < -0.3 is 4.90 Å². The van der Waals surface area contributed by atoms with Gasteiger partial charge in [-0.05, 0) is 25.7 Å². The number of thiazole rings is 1. The summed E-state index contributed by atoms with van der Waals surface area (Å²) in [7, 11) is 0. The predicted octanol–water partition coefficient (Wildman–Crippen LogP) is 3.31. The van der Waals surface area contributed by atoms with Crippen LogP contribution >= 0.6 is 23.1 Å². The van der Waals surface area contributed by atoms with E-state index in [2.05, 4.69) is 9.88 Å². The maximum Gasteiger partial charge on any atom is 0.258 e. The molecule has 25 heavy (non-hydrogen) atoms. The lowest BCUT2D eigenvalue weighted by molar-refractivity contribution is -0.132. The minimum Gasteiger partial charge on any atom is -0.336 e. The van der Waals surface area contributed by atoms with Crippen molar-refractivity contribution >= 4 is 34.0 Å². The molecule has 0 aromatic carbocycles. The van der Waals surface area contributed by atoms with Crippen LogP contribution in [0, 0.1) is 0 Å². The monoisotopic (exact) mass is 377 g/mol. The molecule has 0 N–H and O–H groups in total. The van der Waals surface area contributed by atoms with Gasteiger partial charge in [0.15, 0.2) is 4.96 Å². The third kappa shape index (κ3) is 3.92. The SMILES string of the molecule is O=C(CSCc1cc(=O)n2ccsc2n1)N(C1CCCCC1)C1CC1. The third-order valence-corrected chi connectivity index (χ3v) is 6.74. The molecule has 7 heteroatoms. The van der Waals surface area contributed by atoms with E-state index in [0.717, 1.165) is 10.7 Å². The van der Waals surface area contributed by atoms with Crippen molar-refractivity contribution < 1.29 is 4.79 Å². The van der Waals surface area contributed by atoms with Crippen LogP contribution in [0.3, 0.4) is 0 Å². The van der Waals surface area contributed by atoms with E-state index in [4.69, 9.17) is 0 Å². The second kappa shape index (κ2) is 7.50. The predicted molar refractivity (Wildman–Crippen MR) is 102 cm³/mol. The van der Waals surface area contributed by atoms with Crippen molar-refractivity contribution in [3.05, 3.63) is 33.7 Å². The van der Waals surface area contributed by atoms with Gasteiger partial charge in [-0.3, -0.25) is 14.0 Å². The van der Waals surface area contributed by atoms with Gasteiger partial charge in [0.2, 0.25) is 5.91 Å². The number of hydrogen-bond acceptors (Lipinski definition) is 5. The number of amides is 1. The Morgan fingerprint density at radius 2 is 2.00 bits per heavy atom. The topological polar surface area (TPSA) is 54.7 Å². The number of aromatic nitrogens is 2. The molecule has 2 aromatic rings. The van der Waals surface area contributed by atoms with Crippen molar-refractivity contribution in [1.82, 2.24) is 14.3 Å². The van der Waals surface area contributed by atoms with Crippen LogP contribution in [0.5, 0.6) is 0 Å². The number of fused-ring (bicyclic) bond motifs is 1. The second-order valence-corrected chi connectivity index (χ2v) is 8.82. The van der Waals surface area contributed by atoms with Crippen molar-refractivity contribution in [2.75, 3.05) is 5.75 Å². The molecule has 2 fully saturated rings. The highest BCUT2D eigenvalue weighted by Gasteiger charge is 2.37. The fourth-order valence-corrected chi connectivity index (χ4v) is 5.22. The Labute approximate surface area is 155 Å². The first-order valence-electron chi connectivity index (χ1n) is 9.07. The zero-order chi connectivity index (χ0) is 17.2. The molecule has 0 unspecified atom stereocenters. The summed E-state index contributed by atoms with van der Waals surface area (Å²) in [6.07, 6.45) is 10.2. The molecule has 2 aliphatic carbocycles. The van der Waals surface area contributed by atoms with Gasteiger partial charge in [-0.15, -0.1) is 23.1 Å². The Kier molecular flexibility index (Phi) is 5.12. The third-order valence-electron chi connectivity index (χ3n) is 5.03. The normalized spacial score (nSPS) is 18.6. The van der Waals surface area contributed by atoms with Crippen LogP contribution in [0.2, 0.25) is 0 Å². The highest BCUT2D eigenvalue weighted by Crippen LogP contribution is 2.34. The summed E-state index contributed by atoms with van der Waals surface area (Å²) >= 11 is 3.03.